The van der Waals surface area contributed by atoms with Crippen LogP contribution in [0.15, 0.2) is 30.3 Å². The monoisotopic (exact) mass is 191 g/mol. The topological polar surface area (TPSA) is 23.5 Å². The summed E-state index contributed by atoms with van der Waals surface area (Å²) in [7, 11) is 2.11. The summed E-state index contributed by atoms with van der Waals surface area (Å²) < 4.78 is 0. The fourth-order valence-corrected chi connectivity index (χ4v) is 2.13. The van der Waals surface area contributed by atoms with Crippen molar-refractivity contribution in [3.63, 3.8) is 0 Å². The molecule has 1 aromatic carbocycles. The third-order valence-corrected chi connectivity index (χ3v) is 3.01. The van der Waals surface area contributed by atoms with Gasteiger partial charge >= 0.3 is 0 Å². The zero-order chi connectivity index (χ0) is 9.97. The molecule has 0 aliphatic carbocycles. The smallest absolute Gasteiger partial charge is 0.0633 e. The molecule has 0 unspecified atom stereocenters. The molecule has 2 nitrogen and oxygen atoms in total. The van der Waals surface area contributed by atoms with E-state index >= 15 is 0 Å². The second kappa shape index (κ2) is 4.11. The number of likely N-dealkylation sites (N-methyl/N-ethyl adjacent to an activating group) is 1. The Morgan fingerprint density at radius 2 is 2.00 bits per heavy atom. The molecule has 0 radical (unpaired) electrons. The van der Waals surface area contributed by atoms with E-state index in [9.17, 15) is 5.11 Å². The van der Waals surface area contributed by atoms with E-state index in [-0.39, 0.29) is 12.0 Å². The summed E-state index contributed by atoms with van der Waals surface area (Å²) in [5.41, 5.74) is 1.26. The van der Waals surface area contributed by atoms with E-state index in [1.165, 1.54) is 5.56 Å². The van der Waals surface area contributed by atoms with E-state index in [2.05, 4.69) is 24.1 Å². The lowest BCUT2D eigenvalue weighted by Gasteiger charge is -2.34. The van der Waals surface area contributed by atoms with Crippen molar-refractivity contribution in [1.29, 1.82) is 0 Å². The predicted molar refractivity (Wildman–Crippen MR) is 57.3 cm³/mol. The van der Waals surface area contributed by atoms with Gasteiger partial charge in [0.25, 0.3) is 0 Å². The maximum atomic E-state index is 9.91. The fourth-order valence-electron chi connectivity index (χ4n) is 2.13. The van der Waals surface area contributed by atoms with Gasteiger partial charge in [-0.15, -0.1) is 0 Å². The number of likely N-dealkylation sites (tertiary alicyclic amines) is 1. The molecule has 2 rings (SSSR count). The first-order valence-corrected chi connectivity index (χ1v) is 5.19. The number of hydrogen-bond acceptors (Lipinski definition) is 2. The maximum absolute atomic E-state index is 9.91. The van der Waals surface area contributed by atoms with Gasteiger partial charge in [-0.1, -0.05) is 30.3 Å². The molecule has 76 valence electrons. The third kappa shape index (κ3) is 1.97. The molecule has 1 N–H and O–H groups in total. The standard InChI is InChI=1S/C12H17NO/c1-13-8-7-12(14)11(9-13)10-5-3-2-4-6-10/h2-6,11-12,14H,7-9H2,1H3/t11-,12-/m0/s1. The van der Waals surface area contributed by atoms with Crippen LogP contribution in [0.25, 0.3) is 0 Å². The number of aliphatic hydroxyl groups is 1. The van der Waals surface area contributed by atoms with E-state index in [0.29, 0.717) is 0 Å². The lowest BCUT2D eigenvalue weighted by molar-refractivity contribution is 0.0709. The van der Waals surface area contributed by atoms with Gasteiger partial charge in [0.1, 0.15) is 0 Å². The molecule has 2 atom stereocenters. The molecule has 0 amide bonds. The summed E-state index contributed by atoms with van der Waals surface area (Å²) in [6, 6.07) is 10.3. The van der Waals surface area contributed by atoms with Crippen LogP contribution >= 0.6 is 0 Å². The third-order valence-electron chi connectivity index (χ3n) is 3.01. The Labute approximate surface area is 85.2 Å². The van der Waals surface area contributed by atoms with Gasteiger partial charge in [0.2, 0.25) is 0 Å². The molecule has 0 aromatic heterocycles. The van der Waals surface area contributed by atoms with Gasteiger partial charge in [-0.05, 0) is 19.0 Å². The lowest BCUT2D eigenvalue weighted by atomic mass is 9.88. The average Bonchev–Trinajstić information content (AvgIpc) is 2.23. The Morgan fingerprint density at radius 1 is 1.29 bits per heavy atom. The van der Waals surface area contributed by atoms with Gasteiger partial charge in [0, 0.05) is 19.0 Å². The highest BCUT2D eigenvalue weighted by Gasteiger charge is 2.26. The molecule has 14 heavy (non-hydrogen) atoms. The van der Waals surface area contributed by atoms with Gasteiger partial charge in [-0.3, -0.25) is 0 Å². The SMILES string of the molecule is CN1CC[C@H](O)[C@H](c2ccccc2)C1. The molecule has 1 aliphatic rings. The summed E-state index contributed by atoms with van der Waals surface area (Å²) in [5, 5.41) is 9.91. The number of benzene rings is 1. The fraction of sp³-hybridized carbons (Fsp3) is 0.500. The zero-order valence-corrected chi connectivity index (χ0v) is 8.56. The van der Waals surface area contributed by atoms with Gasteiger partial charge in [-0.25, -0.2) is 0 Å². The Kier molecular flexibility index (Phi) is 2.85. The summed E-state index contributed by atoms with van der Waals surface area (Å²) in [6.07, 6.45) is 0.712. The van der Waals surface area contributed by atoms with Crippen molar-refractivity contribution in [3.8, 4) is 0 Å². The molecule has 1 saturated heterocycles. The van der Waals surface area contributed by atoms with Crippen molar-refractivity contribution in [3.05, 3.63) is 35.9 Å². The van der Waals surface area contributed by atoms with E-state index < -0.39 is 0 Å². The predicted octanol–water partition coefficient (Wildman–Crippen LogP) is 1.47. The Bertz CT molecular complexity index is 286. The van der Waals surface area contributed by atoms with Gasteiger partial charge < -0.3 is 10.0 Å². The number of aliphatic hydroxyl groups excluding tert-OH is 1. The Hall–Kier alpha value is -0.860. The van der Waals surface area contributed by atoms with Crippen LogP contribution in [0.2, 0.25) is 0 Å². The summed E-state index contributed by atoms with van der Waals surface area (Å²) in [4.78, 5) is 2.28. The molecule has 1 fully saturated rings. The molecule has 1 aromatic rings. The summed E-state index contributed by atoms with van der Waals surface area (Å²) in [5.74, 6) is 0.287. The van der Waals surface area contributed by atoms with Gasteiger partial charge in [-0.2, -0.15) is 0 Å². The van der Waals surface area contributed by atoms with Crippen LogP contribution in [0.3, 0.4) is 0 Å². The number of hydrogen-bond donors (Lipinski definition) is 1. The minimum absolute atomic E-state index is 0.173. The van der Waals surface area contributed by atoms with Crippen molar-refractivity contribution in [2.45, 2.75) is 18.4 Å². The summed E-state index contributed by atoms with van der Waals surface area (Å²) >= 11 is 0. The van der Waals surface area contributed by atoms with E-state index in [1.54, 1.807) is 0 Å². The van der Waals surface area contributed by atoms with Crippen molar-refractivity contribution >= 4 is 0 Å². The minimum Gasteiger partial charge on any atom is -0.392 e. The number of piperidine rings is 1. The Balaban J connectivity index is 2.16. The van der Waals surface area contributed by atoms with Crippen LogP contribution in [-0.2, 0) is 0 Å². The van der Waals surface area contributed by atoms with Crippen LogP contribution in [0.4, 0.5) is 0 Å². The highest BCUT2D eigenvalue weighted by Crippen LogP contribution is 2.26. The van der Waals surface area contributed by atoms with Crippen LogP contribution in [0, 0.1) is 0 Å². The van der Waals surface area contributed by atoms with E-state index in [1.807, 2.05) is 18.2 Å². The second-order valence-corrected chi connectivity index (χ2v) is 4.14. The maximum Gasteiger partial charge on any atom is 0.0633 e. The molecule has 2 heteroatoms. The largest absolute Gasteiger partial charge is 0.392 e. The van der Waals surface area contributed by atoms with E-state index in [0.717, 1.165) is 19.5 Å². The van der Waals surface area contributed by atoms with Gasteiger partial charge in [0.05, 0.1) is 6.10 Å². The zero-order valence-electron chi connectivity index (χ0n) is 8.56. The van der Waals surface area contributed by atoms with Crippen LogP contribution in [0.1, 0.15) is 17.9 Å². The number of rotatable bonds is 1. The van der Waals surface area contributed by atoms with Crippen molar-refractivity contribution in [2.24, 2.45) is 0 Å². The first kappa shape index (κ1) is 9.69. The molecule has 0 saturated carbocycles. The number of nitrogens with zero attached hydrogens (tertiary/aromatic N) is 1. The van der Waals surface area contributed by atoms with Crippen molar-refractivity contribution in [1.82, 2.24) is 4.90 Å². The highest BCUT2D eigenvalue weighted by atomic mass is 16.3. The molecule has 0 bridgehead atoms. The van der Waals surface area contributed by atoms with Crippen molar-refractivity contribution < 1.29 is 5.11 Å². The van der Waals surface area contributed by atoms with Crippen molar-refractivity contribution in [2.75, 3.05) is 20.1 Å². The normalized spacial score (nSPS) is 29.0. The molecular weight excluding hydrogens is 174 g/mol. The Morgan fingerprint density at radius 3 is 2.71 bits per heavy atom. The van der Waals surface area contributed by atoms with Crippen LogP contribution < -0.4 is 0 Å². The molecule has 1 heterocycles. The highest BCUT2D eigenvalue weighted by molar-refractivity contribution is 5.21. The van der Waals surface area contributed by atoms with Gasteiger partial charge in [0.15, 0.2) is 0 Å². The molecule has 0 spiro atoms. The second-order valence-electron chi connectivity index (χ2n) is 4.14. The first-order valence-electron chi connectivity index (χ1n) is 5.19. The average molecular weight is 191 g/mol. The van der Waals surface area contributed by atoms with Crippen LogP contribution in [-0.4, -0.2) is 36.2 Å². The summed E-state index contributed by atoms with van der Waals surface area (Å²) in [6.45, 7) is 1.97. The first-order chi connectivity index (χ1) is 6.77. The van der Waals surface area contributed by atoms with E-state index in [4.69, 9.17) is 0 Å². The molecule has 1 aliphatic heterocycles. The quantitative estimate of drug-likeness (QED) is 0.726. The lowest BCUT2D eigenvalue weighted by Crippen LogP contribution is -2.39. The minimum atomic E-state index is -0.173. The van der Waals surface area contributed by atoms with Crippen LogP contribution in [0.5, 0.6) is 0 Å². The molecular formula is C12H17NO.